The van der Waals surface area contributed by atoms with Crippen LogP contribution in [0.4, 0.5) is 14.5 Å². The number of rotatable bonds is 8. The van der Waals surface area contributed by atoms with Gasteiger partial charge in [-0.15, -0.1) is 6.58 Å². The Kier molecular flexibility index (Phi) is 7.29. The molecular weight excluding hydrogens is 448 g/mol. The fraction of sp³-hybridized carbons (Fsp3) is 0.190. The van der Waals surface area contributed by atoms with E-state index >= 15 is 0 Å². The fourth-order valence-corrected chi connectivity index (χ4v) is 3.85. The summed E-state index contributed by atoms with van der Waals surface area (Å²) in [5.74, 6) is -0.619. The molecule has 0 aliphatic heterocycles. The Morgan fingerprint density at radius 1 is 1.35 bits per heavy atom. The Hall–Kier alpha value is -2.91. The van der Waals surface area contributed by atoms with Gasteiger partial charge in [-0.25, -0.2) is 4.98 Å². The lowest BCUT2D eigenvalue weighted by molar-refractivity contribution is -0.115. The van der Waals surface area contributed by atoms with Gasteiger partial charge in [-0.05, 0) is 37.3 Å². The zero-order chi connectivity index (χ0) is 22.5. The number of aromatic nitrogens is 2. The van der Waals surface area contributed by atoms with Crippen LogP contribution in [0.2, 0.25) is 5.02 Å². The highest BCUT2D eigenvalue weighted by Gasteiger charge is 2.21. The predicted molar refractivity (Wildman–Crippen MR) is 118 cm³/mol. The molecule has 1 N–H and O–H groups in total. The smallest absolute Gasteiger partial charge is 0.387 e. The van der Waals surface area contributed by atoms with E-state index in [2.05, 4.69) is 21.6 Å². The lowest BCUT2D eigenvalue weighted by Gasteiger charge is -2.17. The molecule has 0 spiro atoms. The topological polar surface area (TPSA) is 73.2 Å². The van der Waals surface area contributed by atoms with E-state index in [0.717, 1.165) is 11.8 Å². The van der Waals surface area contributed by atoms with Gasteiger partial charge in [-0.1, -0.05) is 41.6 Å². The molecule has 0 aliphatic rings. The van der Waals surface area contributed by atoms with Gasteiger partial charge in [-0.3, -0.25) is 14.2 Å². The first-order chi connectivity index (χ1) is 14.8. The third kappa shape index (κ3) is 5.42. The van der Waals surface area contributed by atoms with Crippen molar-refractivity contribution in [2.45, 2.75) is 30.5 Å². The molecule has 0 radical (unpaired) electrons. The van der Waals surface area contributed by atoms with E-state index in [4.69, 9.17) is 11.6 Å². The van der Waals surface area contributed by atoms with Crippen LogP contribution in [-0.4, -0.2) is 27.3 Å². The first kappa shape index (κ1) is 22.8. The molecule has 2 aromatic carbocycles. The lowest BCUT2D eigenvalue weighted by atomic mass is 10.2. The van der Waals surface area contributed by atoms with Gasteiger partial charge in [0.2, 0.25) is 5.91 Å². The fourth-order valence-electron chi connectivity index (χ4n) is 2.77. The van der Waals surface area contributed by atoms with Crippen molar-refractivity contribution < 1.29 is 18.3 Å². The number of thioether (sulfide) groups is 1. The number of ether oxygens (including phenoxy) is 1. The molecule has 0 saturated heterocycles. The van der Waals surface area contributed by atoms with Gasteiger partial charge < -0.3 is 10.1 Å². The maximum atomic E-state index is 12.9. The van der Waals surface area contributed by atoms with E-state index in [9.17, 15) is 18.4 Å². The highest BCUT2D eigenvalue weighted by Crippen LogP contribution is 2.28. The van der Waals surface area contributed by atoms with Crippen LogP contribution in [0.5, 0.6) is 5.75 Å². The van der Waals surface area contributed by atoms with Gasteiger partial charge in [0.15, 0.2) is 5.16 Å². The summed E-state index contributed by atoms with van der Waals surface area (Å²) in [5.41, 5.74) is 0.234. The minimum Gasteiger partial charge on any atom is -0.433 e. The van der Waals surface area contributed by atoms with Gasteiger partial charge >= 0.3 is 6.61 Å². The number of allylic oxidation sites excluding steroid dienone is 1. The second-order valence-electron chi connectivity index (χ2n) is 6.38. The molecule has 162 valence electrons. The van der Waals surface area contributed by atoms with Gasteiger partial charge in [0.1, 0.15) is 5.75 Å². The number of anilines is 1. The van der Waals surface area contributed by atoms with Crippen molar-refractivity contribution in [3.05, 3.63) is 70.5 Å². The molecule has 31 heavy (non-hydrogen) atoms. The molecule has 0 aliphatic carbocycles. The summed E-state index contributed by atoms with van der Waals surface area (Å²) in [6, 6.07) is 10.7. The maximum Gasteiger partial charge on any atom is 0.387 e. The van der Waals surface area contributed by atoms with Crippen molar-refractivity contribution in [1.82, 2.24) is 9.55 Å². The van der Waals surface area contributed by atoms with Gasteiger partial charge in [0.25, 0.3) is 5.56 Å². The van der Waals surface area contributed by atoms with Gasteiger partial charge in [-0.2, -0.15) is 8.78 Å². The number of hydrogen-bond acceptors (Lipinski definition) is 5. The molecule has 1 aromatic heterocycles. The molecule has 3 aromatic rings. The van der Waals surface area contributed by atoms with Crippen LogP contribution in [0.3, 0.4) is 0 Å². The van der Waals surface area contributed by atoms with Crippen molar-refractivity contribution in [2.75, 3.05) is 5.32 Å². The molecule has 10 heteroatoms. The Morgan fingerprint density at radius 3 is 2.81 bits per heavy atom. The molecule has 1 unspecified atom stereocenters. The summed E-state index contributed by atoms with van der Waals surface area (Å²) in [6.45, 7) is 2.46. The highest BCUT2D eigenvalue weighted by atomic mass is 35.5. The van der Waals surface area contributed by atoms with Crippen molar-refractivity contribution in [3.8, 4) is 5.75 Å². The quantitative estimate of drug-likeness (QED) is 0.289. The van der Waals surface area contributed by atoms with E-state index in [-0.39, 0.29) is 23.5 Å². The number of benzene rings is 2. The summed E-state index contributed by atoms with van der Waals surface area (Å²) < 4.78 is 31.0. The third-order valence-electron chi connectivity index (χ3n) is 4.21. The van der Waals surface area contributed by atoms with E-state index in [0.29, 0.717) is 21.1 Å². The molecule has 1 atom stereocenters. The Balaban J connectivity index is 1.88. The number of carbonyl (C=O) groups is 1. The number of fused-ring (bicyclic) bond motifs is 1. The molecule has 0 bridgehead atoms. The molecular formula is C21H18ClF2N3O3S. The van der Waals surface area contributed by atoms with E-state index in [1.165, 1.54) is 22.8 Å². The largest absolute Gasteiger partial charge is 0.433 e. The Bertz CT molecular complexity index is 1190. The van der Waals surface area contributed by atoms with Crippen LogP contribution < -0.4 is 15.6 Å². The number of nitrogens with zero attached hydrogens (tertiary/aromatic N) is 2. The molecule has 0 saturated carbocycles. The molecule has 1 amide bonds. The second kappa shape index (κ2) is 9.93. The van der Waals surface area contributed by atoms with E-state index < -0.39 is 17.8 Å². The normalized spacial score (nSPS) is 12.0. The molecule has 6 nitrogen and oxygen atoms in total. The molecule has 3 rings (SSSR count). The molecule has 1 heterocycles. The summed E-state index contributed by atoms with van der Waals surface area (Å²) in [6.07, 6.45) is 1.55. The number of halogens is 3. The first-order valence-corrected chi connectivity index (χ1v) is 10.4. The zero-order valence-corrected chi connectivity index (χ0v) is 17.9. The zero-order valence-electron chi connectivity index (χ0n) is 16.3. The number of carbonyl (C=O) groups excluding carboxylic acids is 1. The number of amides is 1. The van der Waals surface area contributed by atoms with Crippen molar-refractivity contribution in [1.29, 1.82) is 0 Å². The van der Waals surface area contributed by atoms with Crippen LogP contribution in [0.1, 0.15) is 6.92 Å². The van der Waals surface area contributed by atoms with Crippen molar-refractivity contribution >= 4 is 45.9 Å². The number of hydrogen-bond donors (Lipinski definition) is 1. The van der Waals surface area contributed by atoms with Crippen molar-refractivity contribution in [3.63, 3.8) is 0 Å². The van der Waals surface area contributed by atoms with Crippen molar-refractivity contribution in [2.24, 2.45) is 0 Å². The highest BCUT2D eigenvalue weighted by molar-refractivity contribution is 8.00. The maximum absolute atomic E-state index is 12.9. The van der Waals surface area contributed by atoms with Gasteiger partial charge in [0, 0.05) is 11.6 Å². The van der Waals surface area contributed by atoms with Gasteiger partial charge in [0.05, 0.1) is 21.8 Å². The standard InChI is InChI=1S/C21H18ClF2N3O3S/c1-3-10-27-19(29)14-9-8-13(22)11-16(14)26-21(27)31-12(2)18(28)25-15-6-4-5-7-17(15)30-20(23)24/h3-9,11-12,20H,1,10H2,2H3,(H,25,28). The summed E-state index contributed by atoms with van der Waals surface area (Å²) in [4.78, 5) is 30.1. The van der Waals surface area contributed by atoms with Crippen LogP contribution in [0, 0.1) is 0 Å². The predicted octanol–water partition coefficient (Wildman–Crippen LogP) is 4.96. The average molecular weight is 466 g/mol. The van der Waals surface area contributed by atoms with E-state index in [1.54, 1.807) is 37.3 Å². The van der Waals surface area contributed by atoms with Crippen LogP contribution in [-0.2, 0) is 11.3 Å². The van der Waals surface area contributed by atoms with Crippen LogP contribution in [0.25, 0.3) is 10.9 Å². The van der Waals surface area contributed by atoms with E-state index in [1.807, 2.05) is 0 Å². The lowest BCUT2D eigenvalue weighted by Crippen LogP contribution is -2.27. The summed E-state index contributed by atoms with van der Waals surface area (Å²) in [7, 11) is 0. The number of para-hydroxylation sites is 2. The number of nitrogens with one attached hydrogen (secondary N) is 1. The minimum absolute atomic E-state index is 0.113. The Morgan fingerprint density at radius 2 is 2.10 bits per heavy atom. The Labute approximate surface area is 185 Å². The monoisotopic (exact) mass is 465 g/mol. The SMILES string of the molecule is C=CCn1c(SC(C)C(=O)Nc2ccccc2OC(F)F)nc2cc(Cl)ccc2c1=O. The first-order valence-electron chi connectivity index (χ1n) is 9.12. The second-order valence-corrected chi connectivity index (χ2v) is 8.13. The van der Waals surface area contributed by atoms with Crippen LogP contribution in [0.15, 0.2) is 65.1 Å². The summed E-state index contributed by atoms with van der Waals surface area (Å²) in [5, 5.41) is 2.99. The van der Waals surface area contributed by atoms with Crippen LogP contribution >= 0.6 is 23.4 Å². The minimum atomic E-state index is -3.02. The average Bonchev–Trinajstić information content (AvgIpc) is 2.71. The third-order valence-corrected chi connectivity index (χ3v) is 5.53. The molecule has 0 fully saturated rings. The summed E-state index contributed by atoms with van der Waals surface area (Å²) >= 11 is 7.07. The number of alkyl halides is 2.